The molecule has 3 nitrogen and oxygen atoms in total. The second-order valence-corrected chi connectivity index (χ2v) is 6.33. The fourth-order valence-corrected chi connectivity index (χ4v) is 2.29. The first-order valence-corrected chi connectivity index (χ1v) is 8.86. The van der Waals surface area contributed by atoms with E-state index in [1.54, 1.807) is 0 Å². The fraction of sp³-hybridized carbons (Fsp3) is 0.429. The molecule has 0 bridgehead atoms. The molecule has 2 aromatic carbocycles. The highest BCUT2D eigenvalue weighted by atomic mass is 16.5. The molecule has 0 unspecified atom stereocenters. The maximum Gasteiger partial charge on any atom is 0.121 e. The van der Waals surface area contributed by atoms with E-state index in [-0.39, 0.29) is 0 Å². The largest absolute Gasteiger partial charge is 0.494 e. The number of anilines is 1. The molecule has 130 valence electrons. The Bertz CT molecular complexity index is 593. The van der Waals surface area contributed by atoms with E-state index in [1.807, 2.05) is 36.4 Å². The fourth-order valence-electron chi connectivity index (χ4n) is 2.29. The predicted molar refractivity (Wildman–Crippen MR) is 101 cm³/mol. The normalized spacial score (nSPS) is 10.7. The molecule has 0 aromatic heterocycles. The molecule has 0 aliphatic carbocycles. The van der Waals surface area contributed by atoms with Gasteiger partial charge in [-0.05, 0) is 48.6 Å². The van der Waals surface area contributed by atoms with Gasteiger partial charge in [0.1, 0.15) is 18.1 Å². The predicted octanol–water partition coefficient (Wildman–Crippen LogP) is 5.16. The Hall–Kier alpha value is -2.16. The topological polar surface area (TPSA) is 30.5 Å². The van der Waals surface area contributed by atoms with E-state index in [9.17, 15) is 0 Å². The summed E-state index contributed by atoms with van der Waals surface area (Å²) in [5.74, 6) is 2.49. The molecule has 1 N–H and O–H groups in total. The van der Waals surface area contributed by atoms with Gasteiger partial charge in [0.15, 0.2) is 0 Å². The Balaban J connectivity index is 1.71. The van der Waals surface area contributed by atoms with Crippen LogP contribution in [0.1, 0.15) is 32.8 Å². The van der Waals surface area contributed by atoms with Gasteiger partial charge < -0.3 is 14.8 Å². The average molecular weight is 327 g/mol. The number of nitrogens with one attached hydrogen (secondary N) is 1. The van der Waals surface area contributed by atoms with Gasteiger partial charge in [0, 0.05) is 18.3 Å². The van der Waals surface area contributed by atoms with E-state index >= 15 is 0 Å². The maximum atomic E-state index is 5.78. The molecule has 0 aliphatic rings. The molecular formula is C21H29NO2. The van der Waals surface area contributed by atoms with Crippen molar-refractivity contribution in [3.05, 3.63) is 54.1 Å². The van der Waals surface area contributed by atoms with Gasteiger partial charge in [0.25, 0.3) is 0 Å². The standard InChI is InChI=1S/C21H29NO2/c1-4-18-8-10-20(11-9-18)24-15-13-22-19-6-5-7-21(16-19)23-14-12-17(2)3/h5-11,16-17,22H,4,12-15H2,1-3H3. The smallest absolute Gasteiger partial charge is 0.121 e. The van der Waals surface area contributed by atoms with Crippen LogP contribution in [0.15, 0.2) is 48.5 Å². The van der Waals surface area contributed by atoms with Crippen molar-refractivity contribution in [1.29, 1.82) is 0 Å². The molecule has 0 saturated heterocycles. The van der Waals surface area contributed by atoms with Crippen LogP contribution in [0.25, 0.3) is 0 Å². The molecule has 0 aliphatic heterocycles. The Kier molecular flexibility index (Phi) is 7.47. The highest BCUT2D eigenvalue weighted by Gasteiger charge is 1.99. The van der Waals surface area contributed by atoms with Crippen molar-refractivity contribution in [3.8, 4) is 11.5 Å². The van der Waals surface area contributed by atoms with Crippen LogP contribution in [0, 0.1) is 5.92 Å². The van der Waals surface area contributed by atoms with Crippen LogP contribution in [0.3, 0.4) is 0 Å². The number of rotatable bonds is 10. The number of hydrogen-bond acceptors (Lipinski definition) is 3. The Morgan fingerprint density at radius 1 is 0.917 bits per heavy atom. The van der Waals surface area contributed by atoms with Crippen molar-refractivity contribution >= 4 is 5.69 Å². The zero-order valence-corrected chi connectivity index (χ0v) is 15.0. The third kappa shape index (κ3) is 6.53. The van der Waals surface area contributed by atoms with Gasteiger partial charge >= 0.3 is 0 Å². The van der Waals surface area contributed by atoms with E-state index in [2.05, 4.69) is 38.2 Å². The van der Waals surface area contributed by atoms with Crippen LogP contribution < -0.4 is 14.8 Å². The van der Waals surface area contributed by atoms with E-state index in [4.69, 9.17) is 9.47 Å². The summed E-state index contributed by atoms with van der Waals surface area (Å²) in [6, 6.07) is 16.4. The molecule has 0 radical (unpaired) electrons. The number of ether oxygens (including phenoxy) is 2. The van der Waals surface area contributed by atoms with Crippen molar-refractivity contribution in [2.75, 3.05) is 25.1 Å². The molecule has 0 fully saturated rings. The van der Waals surface area contributed by atoms with Crippen LogP contribution >= 0.6 is 0 Å². The molecule has 2 rings (SSSR count). The number of hydrogen-bond donors (Lipinski definition) is 1. The quantitative estimate of drug-likeness (QED) is 0.611. The summed E-state index contributed by atoms with van der Waals surface area (Å²) >= 11 is 0. The van der Waals surface area contributed by atoms with E-state index < -0.39 is 0 Å². The van der Waals surface area contributed by atoms with E-state index in [0.717, 1.165) is 43.2 Å². The maximum absolute atomic E-state index is 5.78. The molecule has 0 atom stereocenters. The van der Waals surface area contributed by atoms with E-state index in [1.165, 1.54) is 5.56 Å². The minimum absolute atomic E-state index is 0.629. The Morgan fingerprint density at radius 2 is 1.67 bits per heavy atom. The lowest BCUT2D eigenvalue weighted by molar-refractivity contribution is 0.289. The molecule has 0 spiro atoms. The molecule has 24 heavy (non-hydrogen) atoms. The van der Waals surface area contributed by atoms with Gasteiger partial charge in [-0.15, -0.1) is 0 Å². The summed E-state index contributed by atoms with van der Waals surface area (Å²) in [7, 11) is 0. The van der Waals surface area contributed by atoms with Crippen LogP contribution in [-0.4, -0.2) is 19.8 Å². The highest BCUT2D eigenvalue weighted by Crippen LogP contribution is 2.18. The van der Waals surface area contributed by atoms with Gasteiger partial charge in [-0.1, -0.05) is 39.0 Å². The molecule has 0 heterocycles. The molecule has 2 aromatic rings. The zero-order valence-electron chi connectivity index (χ0n) is 15.0. The van der Waals surface area contributed by atoms with Gasteiger partial charge in [-0.25, -0.2) is 0 Å². The minimum Gasteiger partial charge on any atom is -0.494 e. The SMILES string of the molecule is CCc1ccc(OCCNc2cccc(OCCC(C)C)c2)cc1. The molecule has 3 heteroatoms. The summed E-state index contributed by atoms with van der Waals surface area (Å²) in [6.45, 7) is 8.71. The zero-order chi connectivity index (χ0) is 17.2. The van der Waals surface area contributed by atoms with Crippen molar-refractivity contribution in [2.24, 2.45) is 5.92 Å². The van der Waals surface area contributed by atoms with Gasteiger partial charge in [0.2, 0.25) is 0 Å². The van der Waals surface area contributed by atoms with Crippen molar-refractivity contribution in [3.63, 3.8) is 0 Å². The molecule has 0 amide bonds. The second kappa shape index (κ2) is 9.86. The lowest BCUT2D eigenvalue weighted by atomic mass is 10.1. The second-order valence-electron chi connectivity index (χ2n) is 6.33. The average Bonchev–Trinajstić information content (AvgIpc) is 2.59. The first-order valence-electron chi connectivity index (χ1n) is 8.86. The monoisotopic (exact) mass is 327 g/mol. The molecular weight excluding hydrogens is 298 g/mol. The highest BCUT2D eigenvalue weighted by molar-refractivity contribution is 5.48. The number of benzene rings is 2. The van der Waals surface area contributed by atoms with Crippen LogP contribution in [-0.2, 0) is 6.42 Å². The van der Waals surface area contributed by atoms with Crippen LogP contribution in [0.4, 0.5) is 5.69 Å². The summed E-state index contributed by atoms with van der Waals surface area (Å²) in [5, 5.41) is 3.37. The summed E-state index contributed by atoms with van der Waals surface area (Å²) in [4.78, 5) is 0. The third-order valence-electron chi connectivity index (χ3n) is 3.83. The molecule has 0 saturated carbocycles. The number of aryl methyl sites for hydroxylation is 1. The Labute approximate surface area is 146 Å². The van der Waals surface area contributed by atoms with E-state index in [0.29, 0.717) is 12.5 Å². The summed E-state index contributed by atoms with van der Waals surface area (Å²) in [6.07, 6.45) is 2.12. The minimum atomic E-state index is 0.629. The van der Waals surface area contributed by atoms with Crippen LogP contribution in [0.2, 0.25) is 0 Å². The first kappa shape index (κ1) is 18.2. The van der Waals surface area contributed by atoms with Crippen LogP contribution in [0.5, 0.6) is 11.5 Å². The first-order chi connectivity index (χ1) is 11.7. The lowest BCUT2D eigenvalue weighted by Gasteiger charge is -2.11. The van der Waals surface area contributed by atoms with Crippen molar-refractivity contribution < 1.29 is 9.47 Å². The van der Waals surface area contributed by atoms with Gasteiger partial charge in [0.05, 0.1) is 6.61 Å². The van der Waals surface area contributed by atoms with Crippen molar-refractivity contribution in [1.82, 2.24) is 0 Å². The van der Waals surface area contributed by atoms with Crippen molar-refractivity contribution in [2.45, 2.75) is 33.6 Å². The Morgan fingerprint density at radius 3 is 2.38 bits per heavy atom. The lowest BCUT2D eigenvalue weighted by Crippen LogP contribution is -2.11. The van der Waals surface area contributed by atoms with Gasteiger partial charge in [-0.3, -0.25) is 0 Å². The summed E-state index contributed by atoms with van der Waals surface area (Å²) < 4.78 is 11.5. The van der Waals surface area contributed by atoms with Gasteiger partial charge in [-0.2, -0.15) is 0 Å². The summed E-state index contributed by atoms with van der Waals surface area (Å²) in [5.41, 5.74) is 2.39. The third-order valence-corrected chi connectivity index (χ3v) is 3.83.